The molecule has 1 unspecified atom stereocenters. The zero-order valence-corrected chi connectivity index (χ0v) is 14.0. The van der Waals surface area contributed by atoms with E-state index >= 15 is 0 Å². The zero-order valence-electron chi connectivity index (χ0n) is 14.0. The van der Waals surface area contributed by atoms with Crippen molar-refractivity contribution < 1.29 is 28.9 Å². The van der Waals surface area contributed by atoms with Gasteiger partial charge in [-0.05, 0) is 23.7 Å². The van der Waals surface area contributed by atoms with Crippen molar-refractivity contribution in [2.24, 2.45) is 10.8 Å². The highest BCUT2D eigenvalue weighted by molar-refractivity contribution is 5.94. The van der Waals surface area contributed by atoms with Crippen LogP contribution in [0.25, 0.3) is 10.4 Å². The van der Waals surface area contributed by atoms with Gasteiger partial charge >= 0.3 is 0 Å². The SMILES string of the molecule is [N-]=[N+]=NC(COc1cccc(C(=O)NCCN)c1)OCCOCC(=O)[O-]. The number of benzene rings is 1. The van der Waals surface area contributed by atoms with E-state index < -0.39 is 18.8 Å². The third-order valence-electron chi connectivity index (χ3n) is 2.86. The quantitative estimate of drug-likeness (QED) is 0.198. The van der Waals surface area contributed by atoms with Crippen molar-refractivity contribution in [2.75, 3.05) is 39.5 Å². The summed E-state index contributed by atoms with van der Waals surface area (Å²) in [5.74, 6) is -1.23. The molecule has 26 heavy (non-hydrogen) atoms. The molecule has 1 amide bonds. The summed E-state index contributed by atoms with van der Waals surface area (Å²) in [6.45, 7) is 0.0318. The Kier molecular flexibility index (Phi) is 10.2. The minimum Gasteiger partial charge on any atom is -0.548 e. The number of carboxylic acid groups (broad SMARTS) is 1. The summed E-state index contributed by atoms with van der Waals surface area (Å²) in [7, 11) is 0. The number of aliphatic carboxylic acids is 1. The van der Waals surface area contributed by atoms with Crippen LogP contribution in [-0.2, 0) is 14.3 Å². The number of nitrogens with zero attached hydrogens (tertiary/aromatic N) is 3. The first-order valence-corrected chi connectivity index (χ1v) is 7.71. The van der Waals surface area contributed by atoms with Crippen molar-refractivity contribution in [3.8, 4) is 5.75 Å². The number of carbonyl (C=O) groups is 2. The van der Waals surface area contributed by atoms with Gasteiger partial charge in [0.05, 0.1) is 25.8 Å². The van der Waals surface area contributed by atoms with Gasteiger partial charge in [0.1, 0.15) is 12.4 Å². The number of rotatable bonds is 13. The second-order valence-corrected chi connectivity index (χ2v) is 4.84. The van der Waals surface area contributed by atoms with Crippen LogP contribution in [0.3, 0.4) is 0 Å². The van der Waals surface area contributed by atoms with Gasteiger partial charge in [-0.1, -0.05) is 11.2 Å². The fourth-order valence-electron chi connectivity index (χ4n) is 1.75. The Labute approximate surface area is 149 Å². The highest BCUT2D eigenvalue weighted by Crippen LogP contribution is 2.14. The summed E-state index contributed by atoms with van der Waals surface area (Å²) in [5, 5.41) is 16.3. The molecule has 0 spiro atoms. The Morgan fingerprint density at radius 2 is 2.19 bits per heavy atom. The van der Waals surface area contributed by atoms with Gasteiger partial charge in [-0.2, -0.15) is 0 Å². The molecule has 0 heterocycles. The number of hydrogen-bond acceptors (Lipinski definition) is 8. The van der Waals surface area contributed by atoms with Crippen molar-refractivity contribution >= 4 is 11.9 Å². The van der Waals surface area contributed by atoms with E-state index in [1.165, 1.54) is 6.07 Å². The van der Waals surface area contributed by atoms with Crippen LogP contribution in [0.5, 0.6) is 5.75 Å². The van der Waals surface area contributed by atoms with E-state index in [0.717, 1.165) is 0 Å². The Balaban J connectivity index is 2.48. The van der Waals surface area contributed by atoms with E-state index in [-0.39, 0.29) is 25.7 Å². The lowest BCUT2D eigenvalue weighted by atomic mass is 10.2. The van der Waals surface area contributed by atoms with Crippen LogP contribution < -0.4 is 20.9 Å². The van der Waals surface area contributed by atoms with Crippen LogP contribution in [0.2, 0.25) is 0 Å². The fraction of sp³-hybridized carbons (Fsp3) is 0.467. The molecule has 0 saturated carbocycles. The molecule has 11 nitrogen and oxygen atoms in total. The van der Waals surface area contributed by atoms with Gasteiger partial charge in [-0.15, -0.1) is 0 Å². The Morgan fingerprint density at radius 3 is 2.88 bits per heavy atom. The maximum atomic E-state index is 11.9. The Bertz CT molecular complexity index is 635. The summed E-state index contributed by atoms with van der Waals surface area (Å²) in [5.41, 5.74) is 14.3. The standard InChI is InChI=1S/C15H21N5O6/c16-4-5-18-15(23)11-2-1-3-12(8-11)26-9-13(19-20-17)25-7-6-24-10-14(21)22/h1-3,8,13H,4-7,9-10,16H2,(H,18,23)(H,21,22)/p-1. The predicted octanol–water partition coefficient (Wildman–Crippen LogP) is -0.827. The summed E-state index contributed by atoms with van der Waals surface area (Å²) in [6.07, 6.45) is -0.943. The number of nitrogens with one attached hydrogen (secondary N) is 1. The monoisotopic (exact) mass is 366 g/mol. The van der Waals surface area contributed by atoms with Gasteiger partial charge in [0.2, 0.25) is 0 Å². The number of hydrogen-bond donors (Lipinski definition) is 2. The van der Waals surface area contributed by atoms with Crippen molar-refractivity contribution in [3.05, 3.63) is 40.3 Å². The van der Waals surface area contributed by atoms with E-state index in [9.17, 15) is 14.7 Å². The van der Waals surface area contributed by atoms with E-state index in [2.05, 4.69) is 15.3 Å². The molecule has 1 atom stereocenters. The predicted molar refractivity (Wildman–Crippen MR) is 88.0 cm³/mol. The summed E-state index contributed by atoms with van der Waals surface area (Å²) in [4.78, 5) is 24.7. The molecule has 0 aromatic heterocycles. The van der Waals surface area contributed by atoms with Crippen molar-refractivity contribution in [1.82, 2.24) is 5.32 Å². The lowest BCUT2D eigenvalue weighted by molar-refractivity contribution is -0.309. The average Bonchev–Trinajstić information content (AvgIpc) is 2.63. The number of carbonyl (C=O) groups excluding carboxylic acids is 2. The third-order valence-corrected chi connectivity index (χ3v) is 2.86. The Hall–Kier alpha value is -2.85. The van der Waals surface area contributed by atoms with Crippen molar-refractivity contribution in [1.29, 1.82) is 0 Å². The van der Waals surface area contributed by atoms with Crippen LogP contribution in [-0.4, -0.2) is 57.6 Å². The normalized spacial score (nSPS) is 11.3. The number of carboxylic acids is 1. The smallest absolute Gasteiger partial charge is 0.251 e. The highest BCUT2D eigenvalue weighted by atomic mass is 16.6. The first kappa shape index (κ1) is 21.2. The molecule has 0 saturated heterocycles. The highest BCUT2D eigenvalue weighted by Gasteiger charge is 2.10. The molecular weight excluding hydrogens is 346 g/mol. The molecule has 0 aliphatic rings. The number of azide groups is 1. The average molecular weight is 366 g/mol. The van der Waals surface area contributed by atoms with Gasteiger partial charge in [0, 0.05) is 23.6 Å². The molecule has 0 radical (unpaired) electrons. The first-order valence-electron chi connectivity index (χ1n) is 7.71. The summed E-state index contributed by atoms with van der Waals surface area (Å²) < 4.78 is 15.5. The molecule has 1 aromatic rings. The van der Waals surface area contributed by atoms with Crippen LogP contribution >= 0.6 is 0 Å². The van der Waals surface area contributed by atoms with E-state index in [4.69, 9.17) is 25.5 Å². The van der Waals surface area contributed by atoms with Gasteiger partial charge in [0.25, 0.3) is 5.91 Å². The maximum absolute atomic E-state index is 11.9. The minimum absolute atomic E-state index is 0.00185. The van der Waals surface area contributed by atoms with Gasteiger partial charge < -0.3 is 35.2 Å². The lowest BCUT2D eigenvalue weighted by Crippen LogP contribution is -2.29. The molecule has 1 aromatic carbocycles. The van der Waals surface area contributed by atoms with Crippen molar-refractivity contribution in [2.45, 2.75) is 6.23 Å². The van der Waals surface area contributed by atoms with Crippen LogP contribution in [0, 0.1) is 0 Å². The summed E-state index contributed by atoms with van der Waals surface area (Å²) in [6, 6.07) is 6.43. The molecule has 0 fully saturated rings. The Morgan fingerprint density at radius 1 is 1.38 bits per heavy atom. The lowest BCUT2D eigenvalue weighted by Gasteiger charge is -2.14. The molecule has 3 N–H and O–H groups in total. The van der Waals surface area contributed by atoms with Crippen LogP contribution in [0.1, 0.15) is 10.4 Å². The molecule has 1 rings (SSSR count). The molecule has 0 bridgehead atoms. The number of amides is 1. The van der Waals surface area contributed by atoms with E-state index in [1.54, 1.807) is 18.2 Å². The second kappa shape index (κ2) is 12.5. The summed E-state index contributed by atoms with van der Waals surface area (Å²) >= 11 is 0. The van der Waals surface area contributed by atoms with Gasteiger partial charge in [-0.3, -0.25) is 4.79 Å². The van der Waals surface area contributed by atoms with E-state index in [1.807, 2.05) is 0 Å². The molecule has 0 aliphatic carbocycles. The van der Waals surface area contributed by atoms with Crippen molar-refractivity contribution in [3.63, 3.8) is 0 Å². The largest absolute Gasteiger partial charge is 0.548 e. The van der Waals surface area contributed by atoms with Crippen LogP contribution in [0.15, 0.2) is 29.4 Å². The first-order chi connectivity index (χ1) is 12.6. The van der Waals surface area contributed by atoms with Gasteiger partial charge in [-0.25, -0.2) is 0 Å². The number of nitrogens with two attached hydrogens (primary N) is 1. The molecule has 11 heteroatoms. The second-order valence-electron chi connectivity index (χ2n) is 4.84. The fourth-order valence-corrected chi connectivity index (χ4v) is 1.75. The zero-order chi connectivity index (χ0) is 19.2. The van der Waals surface area contributed by atoms with E-state index in [0.29, 0.717) is 24.4 Å². The topological polar surface area (TPSA) is 172 Å². The third kappa shape index (κ3) is 8.85. The molecular formula is C15H20N5O6-. The maximum Gasteiger partial charge on any atom is 0.251 e. The van der Waals surface area contributed by atoms with Crippen LogP contribution in [0.4, 0.5) is 0 Å². The molecule has 0 aliphatic heterocycles. The molecule has 142 valence electrons. The van der Waals surface area contributed by atoms with Gasteiger partial charge in [0.15, 0.2) is 6.23 Å². The number of ether oxygens (including phenoxy) is 3. The minimum atomic E-state index is -1.34.